The van der Waals surface area contributed by atoms with Crippen LogP contribution in [-0.2, 0) is 40.6 Å². The molecule has 0 radical (unpaired) electrons. The molecule has 1 saturated heterocycles. The first-order valence-corrected chi connectivity index (χ1v) is 8.97. The van der Waals surface area contributed by atoms with Crippen LogP contribution in [0.2, 0.25) is 0 Å². The van der Waals surface area contributed by atoms with Crippen molar-refractivity contribution < 1.29 is 14.3 Å². The average molecular weight is 360 g/mol. The molecule has 2 aliphatic rings. The molecule has 1 amide bonds. The lowest BCUT2D eigenvalue weighted by Gasteiger charge is -2.43. The molecule has 0 bridgehead atoms. The number of imidazole rings is 1. The number of methoxy groups -OCH3 is 1. The van der Waals surface area contributed by atoms with Gasteiger partial charge in [0.15, 0.2) is 0 Å². The number of piperidine rings is 1. The maximum atomic E-state index is 12.4. The van der Waals surface area contributed by atoms with Crippen molar-refractivity contribution in [1.29, 1.82) is 0 Å². The van der Waals surface area contributed by atoms with Gasteiger partial charge in [0.2, 0.25) is 5.91 Å². The zero-order valence-electron chi connectivity index (χ0n) is 15.0. The van der Waals surface area contributed by atoms with Crippen LogP contribution in [0.15, 0.2) is 18.7 Å². The number of aromatic nitrogens is 5. The molecule has 0 N–H and O–H groups in total. The van der Waals surface area contributed by atoms with E-state index in [0.717, 1.165) is 37.3 Å². The van der Waals surface area contributed by atoms with E-state index in [0.29, 0.717) is 32.7 Å². The highest BCUT2D eigenvalue weighted by atomic mass is 16.5. The Kier molecular flexibility index (Phi) is 4.73. The third-order valence-corrected chi connectivity index (χ3v) is 5.32. The lowest BCUT2D eigenvalue weighted by atomic mass is 9.89. The van der Waals surface area contributed by atoms with Gasteiger partial charge in [-0.25, -0.2) is 9.67 Å². The monoisotopic (exact) mass is 360 g/mol. The molecule has 4 heterocycles. The number of amides is 1. The predicted molar refractivity (Wildman–Crippen MR) is 90.9 cm³/mol. The summed E-state index contributed by atoms with van der Waals surface area (Å²) in [6.07, 6.45) is 7.49. The summed E-state index contributed by atoms with van der Waals surface area (Å²) in [6, 6.07) is 0. The molecular formula is C17H24N6O3. The topological polar surface area (TPSA) is 87.3 Å². The molecule has 1 spiro atoms. The largest absolute Gasteiger partial charge is 0.378 e. The van der Waals surface area contributed by atoms with Gasteiger partial charge in [-0.3, -0.25) is 4.79 Å². The van der Waals surface area contributed by atoms with Crippen molar-refractivity contribution in [2.24, 2.45) is 0 Å². The lowest BCUT2D eigenvalue weighted by Crippen LogP contribution is -2.52. The summed E-state index contributed by atoms with van der Waals surface area (Å²) in [5, 5.41) is 8.45. The molecule has 0 atom stereocenters. The van der Waals surface area contributed by atoms with Crippen molar-refractivity contribution in [3.63, 3.8) is 0 Å². The minimum Gasteiger partial charge on any atom is -0.378 e. The van der Waals surface area contributed by atoms with Crippen LogP contribution < -0.4 is 0 Å². The molecular weight excluding hydrogens is 336 g/mol. The Balaban J connectivity index is 1.32. The van der Waals surface area contributed by atoms with Crippen molar-refractivity contribution >= 4 is 5.91 Å². The second-order valence-electron chi connectivity index (χ2n) is 6.98. The summed E-state index contributed by atoms with van der Waals surface area (Å²) in [5.74, 6) is 0.188. The molecule has 9 nitrogen and oxygen atoms in total. The Morgan fingerprint density at radius 1 is 1.38 bits per heavy atom. The Bertz CT molecular complexity index is 749. The molecule has 0 aliphatic carbocycles. The molecule has 4 rings (SSSR count). The number of hydrogen-bond acceptors (Lipinski definition) is 6. The molecule has 140 valence electrons. The lowest BCUT2D eigenvalue weighted by molar-refractivity contribution is -0.146. The maximum Gasteiger partial charge on any atom is 0.224 e. The van der Waals surface area contributed by atoms with E-state index in [1.165, 1.54) is 0 Å². The van der Waals surface area contributed by atoms with Crippen LogP contribution in [-0.4, -0.2) is 61.2 Å². The van der Waals surface area contributed by atoms with E-state index in [1.54, 1.807) is 19.6 Å². The molecule has 0 saturated carbocycles. The molecule has 2 aromatic heterocycles. The number of hydrogen-bond donors (Lipinski definition) is 0. The number of carbonyl (C=O) groups is 1. The van der Waals surface area contributed by atoms with Gasteiger partial charge in [0, 0.05) is 45.6 Å². The summed E-state index contributed by atoms with van der Waals surface area (Å²) < 4.78 is 15.2. The average Bonchev–Trinajstić information content (AvgIpc) is 3.31. The Morgan fingerprint density at radius 3 is 2.96 bits per heavy atom. The van der Waals surface area contributed by atoms with Gasteiger partial charge in [0.05, 0.1) is 37.4 Å². The number of carbonyl (C=O) groups excluding carboxylic acids is 1. The van der Waals surface area contributed by atoms with Crippen LogP contribution >= 0.6 is 0 Å². The Morgan fingerprint density at radius 2 is 2.23 bits per heavy atom. The van der Waals surface area contributed by atoms with Gasteiger partial charge in [-0.15, -0.1) is 5.10 Å². The first kappa shape index (κ1) is 17.2. The molecule has 0 aromatic carbocycles. The molecule has 0 unspecified atom stereocenters. The van der Waals surface area contributed by atoms with Crippen LogP contribution in [0.5, 0.6) is 0 Å². The summed E-state index contributed by atoms with van der Waals surface area (Å²) in [5.41, 5.74) is 1.59. The van der Waals surface area contributed by atoms with Crippen molar-refractivity contribution in [3.05, 3.63) is 30.1 Å². The van der Waals surface area contributed by atoms with Crippen LogP contribution in [0.1, 0.15) is 30.7 Å². The first-order chi connectivity index (χ1) is 12.7. The molecule has 2 aliphatic heterocycles. The van der Waals surface area contributed by atoms with E-state index in [2.05, 4.69) is 15.3 Å². The standard InChI is InChI=1S/C17H24N6O3/c1-25-10-14-15-11-26-17(12-23(15)20-19-14)3-7-22(8-4-17)16(24)2-6-21-9-5-18-13-21/h5,9,13H,2-4,6-8,10-12H2,1H3. The molecule has 9 heteroatoms. The Hall–Kier alpha value is -2.26. The van der Waals surface area contributed by atoms with Gasteiger partial charge in [-0.2, -0.15) is 0 Å². The molecule has 26 heavy (non-hydrogen) atoms. The fourth-order valence-corrected chi connectivity index (χ4v) is 3.71. The van der Waals surface area contributed by atoms with E-state index in [4.69, 9.17) is 9.47 Å². The highest BCUT2D eigenvalue weighted by Gasteiger charge is 2.41. The minimum absolute atomic E-state index is 0.188. The third-order valence-electron chi connectivity index (χ3n) is 5.32. The van der Waals surface area contributed by atoms with Crippen molar-refractivity contribution in [2.45, 2.75) is 51.2 Å². The predicted octanol–water partition coefficient (Wildman–Crippen LogP) is 0.603. The second kappa shape index (κ2) is 7.16. The second-order valence-corrected chi connectivity index (χ2v) is 6.98. The van der Waals surface area contributed by atoms with Crippen molar-refractivity contribution in [2.75, 3.05) is 20.2 Å². The maximum absolute atomic E-state index is 12.4. The van der Waals surface area contributed by atoms with Crippen molar-refractivity contribution in [1.82, 2.24) is 29.4 Å². The SMILES string of the molecule is COCc1nnn2c1COC1(CCN(C(=O)CCn3ccnc3)CC1)C2. The van der Waals surface area contributed by atoms with Crippen LogP contribution in [0, 0.1) is 0 Å². The van der Waals surface area contributed by atoms with E-state index in [9.17, 15) is 4.79 Å². The van der Waals surface area contributed by atoms with Crippen LogP contribution in [0.25, 0.3) is 0 Å². The number of nitrogens with zero attached hydrogens (tertiary/aromatic N) is 6. The van der Waals surface area contributed by atoms with E-state index in [1.807, 2.05) is 20.3 Å². The van der Waals surface area contributed by atoms with Crippen molar-refractivity contribution in [3.8, 4) is 0 Å². The number of aryl methyl sites for hydroxylation is 1. The first-order valence-electron chi connectivity index (χ1n) is 8.97. The summed E-state index contributed by atoms with van der Waals surface area (Å²) in [6.45, 7) is 3.75. The summed E-state index contributed by atoms with van der Waals surface area (Å²) >= 11 is 0. The number of ether oxygens (including phenoxy) is 2. The van der Waals surface area contributed by atoms with Gasteiger partial charge in [-0.1, -0.05) is 5.21 Å². The number of likely N-dealkylation sites (tertiary alicyclic amines) is 1. The summed E-state index contributed by atoms with van der Waals surface area (Å²) in [4.78, 5) is 18.4. The van der Waals surface area contributed by atoms with Crippen LogP contribution in [0.4, 0.5) is 0 Å². The smallest absolute Gasteiger partial charge is 0.224 e. The zero-order valence-corrected chi connectivity index (χ0v) is 15.0. The fraction of sp³-hybridized carbons (Fsp3) is 0.647. The van der Waals surface area contributed by atoms with E-state index >= 15 is 0 Å². The Labute approximate surface area is 151 Å². The molecule has 1 fully saturated rings. The van der Waals surface area contributed by atoms with E-state index < -0.39 is 0 Å². The van der Waals surface area contributed by atoms with Gasteiger partial charge in [0.1, 0.15) is 5.69 Å². The number of rotatable bonds is 5. The van der Waals surface area contributed by atoms with Gasteiger partial charge in [0.25, 0.3) is 0 Å². The minimum atomic E-state index is -0.244. The number of fused-ring (bicyclic) bond motifs is 1. The summed E-state index contributed by atoms with van der Waals surface area (Å²) in [7, 11) is 1.65. The highest BCUT2D eigenvalue weighted by Crippen LogP contribution is 2.33. The normalized spacial score (nSPS) is 18.9. The van der Waals surface area contributed by atoms with E-state index in [-0.39, 0.29) is 11.5 Å². The van der Waals surface area contributed by atoms with Gasteiger partial charge >= 0.3 is 0 Å². The van der Waals surface area contributed by atoms with Gasteiger partial charge < -0.3 is 18.9 Å². The quantitative estimate of drug-likeness (QED) is 0.776. The fourth-order valence-electron chi connectivity index (χ4n) is 3.71. The molecule has 2 aromatic rings. The highest BCUT2D eigenvalue weighted by molar-refractivity contribution is 5.76. The van der Waals surface area contributed by atoms with Crippen LogP contribution in [0.3, 0.4) is 0 Å². The zero-order chi connectivity index (χ0) is 18.0. The third kappa shape index (κ3) is 3.36. The van der Waals surface area contributed by atoms with Gasteiger partial charge in [-0.05, 0) is 12.8 Å².